The van der Waals surface area contributed by atoms with E-state index in [1.165, 1.54) is 0 Å². The number of hydrogen-bond donors (Lipinski definition) is 1. The zero-order valence-corrected chi connectivity index (χ0v) is 13.0. The first-order chi connectivity index (χ1) is 9.71. The number of likely N-dealkylation sites (N-methyl/N-ethyl adjacent to an activating group) is 1. The monoisotopic (exact) mass is 287 g/mol. The molecule has 3 unspecified atom stereocenters. The first kappa shape index (κ1) is 17.4. The molecule has 0 aliphatic heterocycles. The Morgan fingerprint density at radius 3 is 2.70 bits per heavy atom. The van der Waals surface area contributed by atoms with Gasteiger partial charge in [-0.05, 0) is 45.6 Å². The molecule has 3 atom stereocenters. The van der Waals surface area contributed by atoms with Crippen LogP contribution in [-0.2, 0) is 19.0 Å². The van der Waals surface area contributed by atoms with Gasteiger partial charge in [-0.3, -0.25) is 4.79 Å². The maximum absolute atomic E-state index is 11.8. The average molecular weight is 287 g/mol. The van der Waals surface area contributed by atoms with Gasteiger partial charge in [-0.15, -0.1) is 0 Å². The van der Waals surface area contributed by atoms with E-state index in [-0.39, 0.29) is 18.1 Å². The summed E-state index contributed by atoms with van der Waals surface area (Å²) < 4.78 is 16.3. The van der Waals surface area contributed by atoms with Gasteiger partial charge in [0.15, 0.2) is 0 Å². The van der Waals surface area contributed by atoms with Crippen molar-refractivity contribution in [3.05, 3.63) is 0 Å². The number of methoxy groups -OCH3 is 1. The van der Waals surface area contributed by atoms with Crippen LogP contribution >= 0.6 is 0 Å². The van der Waals surface area contributed by atoms with Crippen molar-refractivity contribution in [2.75, 3.05) is 26.9 Å². The van der Waals surface area contributed by atoms with Crippen LogP contribution in [0, 0.1) is 0 Å². The van der Waals surface area contributed by atoms with Crippen LogP contribution in [0.3, 0.4) is 0 Å². The number of carbonyl (C=O) groups excluding carboxylic acids is 1. The van der Waals surface area contributed by atoms with Crippen molar-refractivity contribution in [3.8, 4) is 0 Å². The summed E-state index contributed by atoms with van der Waals surface area (Å²) in [5, 5.41) is 3.15. The zero-order valence-electron chi connectivity index (χ0n) is 13.0. The van der Waals surface area contributed by atoms with Gasteiger partial charge in [0, 0.05) is 13.7 Å². The van der Waals surface area contributed by atoms with Crippen LogP contribution in [0.2, 0.25) is 0 Å². The lowest BCUT2D eigenvalue weighted by Gasteiger charge is -2.28. The SMILES string of the molecule is CCNC(CCOC1CCCC(OC)C1)C(=O)OCC. The van der Waals surface area contributed by atoms with Gasteiger partial charge in [-0.1, -0.05) is 6.92 Å². The minimum Gasteiger partial charge on any atom is -0.465 e. The molecule has 0 aromatic rings. The lowest BCUT2D eigenvalue weighted by molar-refractivity contribution is -0.146. The Kier molecular flexibility index (Phi) is 8.82. The molecular weight excluding hydrogens is 258 g/mol. The molecule has 0 bridgehead atoms. The smallest absolute Gasteiger partial charge is 0.323 e. The summed E-state index contributed by atoms with van der Waals surface area (Å²) in [6.45, 7) is 5.55. The van der Waals surface area contributed by atoms with Crippen molar-refractivity contribution in [1.82, 2.24) is 5.32 Å². The Morgan fingerprint density at radius 2 is 2.05 bits per heavy atom. The lowest BCUT2D eigenvalue weighted by atomic mass is 9.95. The molecule has 0 spiro atoms. The Balaban J connectivity index is 2.27. The second-order valence-corrected chi connectivity index (χ2v) is 5.17. The summed E-state index contributed by atoms with van der Waals surface area (Å²) in [6.07, 6.45) is 5.56. The Labute approximate surface area is 122 Å². The first-order valence-electron chi connectivity index (χ1n) is 7.75. The van der Waals surface area contributed by atoms with E-state index in [1.54, 1.807) is 7.11 Å². The van der Waals surface area contributed by atoms with Crippen molar-refractivity contribution in [2.24, 2.45) is 0 Å². The minimum atomic E-state index is -0.262. The first-order valence-corrected chi connectivity index (χ1v) is 7.75. The molecule has 0 aromatic heterocycles. The number of rotatable bonds is 9. The number of nitrogens with one attached hydrogen (secondary N) is 1. The fourth-order valence-electron chi connectivity index (χ4n) is 2.61. The van der Waals surface area contributed by atoms with Crippen molar-refractivity contribution >= 4 is 5.97 Å². The molecule has 0 heterocycles. The maximum Gasteiger partial charge on any atom is 0.323 e. The number of carbonyl (C=O) groups is 1. The van der Waals surface area contributed by atoms with Crippen molar-refractivity contribution < 1.29 is 19.0 Å². The molecule has 20 heavy (non-hydrogen) atoms. The second-order valence-electron chi connectivity index (χ2n) is 5.17. The Morgan fingerprint density at radius 1 is 1.30 bits per heavy atom. The van der Waals surface area contributed by atoms with Gasteiger partial charge in [0.05, 0.1) is 18.8 Å². The second kappa shape index (κ2) is 10.1. The molecule has 5 heteroatoms. The highest BCUT2D eigenvalue weighted by atomic mass is 16.5. The van der Waals surface area contributed by atoms with E-state index in [0.29, 0.717) is 25.7 Å². The summed E-state index contributed by atoms with van der Waals surface area (Å²) in [5.74, 6) is -0.184. The van der Waals surface area contributed by atoms with E-state index in [1.807, 2.05) is 13.8 Å². The molecule has 1 aliphatic rings. The number of hydrogen-bond acceptors (Lipinski definition) is 5. The summed E-state index contributed by atoms with van der Waals surface area (Å²) >= 11 is 0. The molecule has 118 valence electrons. The molecule has 1 N–H and O–H groups in total. The molecule has 0 aromatic carbocycles. The van der Waals surface area contributed by atoms with Crippen LogP contribution in [0.4, 0.5) is 0 Å². The van der Waals surface area contributed by atoms with Crippen LogP contribution in [0.1, 0.15) is 46.0 Å². The highest BCUT2D eigenvalue weighted by molar-refractivity contribution is 5.75. The lowest BCUT2D eigenvalue weighted by Crippen LogP contribution is -2.39. The Bertz CT molecular complexity index is 273. The standard InChI is InChI=1S/C15H29NO4/c1-4-16-14(15(17)19-5-2)9-10-20-13-8-6-7-12(11-13)18-3/h12-14,16H,4-11H2,1-3H3. The summed E-state index contributed by atoms with van der Waals surface area (Å²) in [6, 6.07) is -0.262. The van der Waals surface area contributed by atoms with Gasteiger partial charge in [0.1, 0.15) is 6.04 Å². The highest BCUT2D eigenvalue weighted by Crippen LogP contribution is 2.23. The van der Waals surface area contributed by atoms with Gasteiger partial charge < -0.3 is 19.5 Å². The van der Waals surface area contributed by atoms with E-state index >= 15 is 0 Å². The fourth-order valence-corrected chi connectivity index (χ4v) is 2.61. The van der Waals surface area contributed by atoms with Crippen LogP contribution in [0.15, 0.2) is 0 Å². The molecule has 1 fully saturated rings. The van der Waals surface area contributed by atoms with Crippen LogP contribution in [-0.4, -0.2) is 51.1 Å². The van der Waals surface area contributed by atoms with Gasteiger partial charge >= 0.3 is 5.97 Å². The normalized spacial score (nSPS) is 24.4. The van der Waals surface area contributed by atoms with E-state index in [4.69, 9.17) is 14.2 Å². The maximum atomic E-state index is 11.8. The summed E-state index contributed by atoms with van der Waals surface area (Å²) in [5.41, 5.74) is 0. The molecule has 1 aliphatic carbocycles. The summed E-state index contributed by atoms with van der Waals surface area (Å²) in [4.78, 5) is 11.8. The van der Waals surface area contributed by atoms with E-state index < -0.39 is 0 Å². The third kappa shape index (κ3) is 6.20. The quantitative estimate of drug-likeness (QED) is 0.656. The molecule has 1 rings (SSSR count). The van der Waals surface area contributed by atoms with Crippen LogP contribution in [0.5, 0.6) is 0 Å². The van der Waals surface area contributed by atoms with Gasteiger partial charge in [0.25, 0.3) is 0 Å². The zero-order chi connectivity index (χ0) is 14.8. The predicted molar refractivity (Wildman–Crippen MR) is 77.7 cm³/mol. The molecule has 0 saturated heterocycles. The molecule has 0 radical (unpaired) electrons. The molecule has 1 saturated carbocycles. The third-order valence-electron chi connectivity index (χ3n) is 3.69. The van der Waals surface area contributed by atoms with Crippen molar-refractivity contribution in [1.29, 1.82) is 0 Å². The van der Waals surface area contributed by atoms with E-state index in [9.17, 15) is 4.79 Å². The number of ether oxygens (including phenoxy) is 3. The highest BCUT2D eigenvalue weighted by Gasteiger charge is 2.23. The largest absolute Gasteiger partial charge is 0.465 e. The van der Waals surface area contributed by atoms with Crippen LogP contribution in [0.25, 0.3) is 0 Å². The minimum absolute atomic E-state index is 0.184. The number of esters is 1. The average Bonchev–Trinajstić information content (AvgIpc) is 2.47. The van der Waals surface area contributed by atoms with Gasteiger partial charge in [0.2, 0.25) is 0 Å². The van der Waals surface area contributed by atoms with Crippen LogP contribution < -0.4 is 5.32 Å². The van der Waals surface area contributed by atoms with Gasteiger partial charge in [-0.2, -0.15) is 0 Å². The van der Waals surface area contributed by atoms with Gasteiger partial charge in [-0.25, -0.2) is 0 Å². The molecular formula is C15H29NO4. The molecule has 5 nitrogen and oxygen atoms in total. The predicted octanol–water partition coefficient (Wildman–Crippen LogP) is 1.89. The molecule has 0 amide bonds. The Hall–Kier alpha value is -0.650. The van der Waals surface area contributed by atoms with Crippen molar-refractivity contribution in [2.45, 2.75) is 64.2 Å². The fraction of sp³-hybridized carbons (Fsp3) is 0.933. The summed E-state index contributed by atoms with van der Waals surface area (Å²) in [7, 11) is 1.76. The van der Waals surface area contributed by atoms with E-state index in [2.05, 4.69) is 5.32 Å². The topological polar surface area (TPSA) is 56.8 Å². The van der Waals surface area contributed by atoms with E-state index in [0.717, 1.165) is 32.2 Å². The third-order valence-corrected chi connectivity index (χ3v) is 3.69. The van der Waals surface area contributed by atoms with Crippen molar-refractivity contribution in [3.63, 3.8) is 0 Å².